The highest BCUT2D eigenvalue weighted by Gasteiger charge is 2.07. The van der Waals surface area contributed by atoms with Gasteiger partial charge in [0, 0.05) is 17.5 Å². The molecular formula is C18H23NOS. The summed E-state index contributed by atoms with van der Waals surface area (Å²) < 4.78 is 5.42. The van der Waals surface area contributed by atoms with Crippen LogP contribution in [-0.2, 0) is 6.54 Å². The fourth-order valence-corrected chi connectivity index (χ4v) is 3.07. The highest BCUT2D eigenvalue weighted by Crippen LogP contribution is 2.36. The molecule has 112 valence electrons. The monoisotopic (exact) mass is 301 g/mol. The maximum Gasteiger partial charge on any atom is 0.132 e. The molecule has 0 fully saturated rings. The summed E-state index contributed by atoms with van der Waals surface area (Å²) >= 11 is 1.75. The van der Waals surface area contributed by atoms with Gasteiger partial charge < -0.3 is 10.1 Å². The van der Waals surface area contributed by atoms with Crippen molar-refractivity contribution in [3.8, 4) is 5.75 Å². The third-order valence-corrected chi connectivity index (χ3v) is 4.48. The summed E-state index contributed by atoms with van der Waals surface area (Å²) in [4.78, 5) is 2.42. The van der Waals surface area contributed by atoms with Gasteiger partial charge >= 0.3 is 0 Å². The van der Waals surface area contributed by atoms with E-state index < -0.39 is 0 Å². The average molecular weight is 301 g/mol. The van der Waals surface area contributed by atoms with Crippen LogP contribution in [0.3, 0.4) is 0 Å². The Bertz CT molecular complexity index is 596. The van der Waals surface area contributed by atoms with Crippen molar-refractivity contribution in [2.45, 2.75) is 43.1 Å². The lowest BCUT2D eigenvalue weighted by atomic mass is 10.1. The molecule has 0 bridgehead atoms. The third-order valence-electron chi connectivity index (χ3n) is 3.24. The summed E-state index contributed by atoms with van der Waals surface area (Å²) in [5.41, 5.74) is 2.62. The van der Waals surface area contributed by atoms with E-state index in [1.807, 2.05) is 18.2 Å². The first-order valence-electron chi connectivity index (χ1n) is 7.24. The summed E-state index contributed by atoms with van der Waals surface area (Å²) in [6.45, 7) is 7.41. The molecule has 0 radical (unpaired) electrons. The predicted molar refractivity (Wildman–Crippen MR) is 90.3 cm³/mol. The first-order valence-corrected chi connectivity index (χ1v) is 8.05. The molecule has 2 rings (SSSR count). The van der Waals surface area contributed by atoms with Crippen LogP contribution in [0, 0.1) is 6.92 Å². The lowest BCUT2D eigenvalue weighted by molar-refractivity contribution is 0.405. The van der Waals surface area contributed by atoms with Gasteiger partial charge in [-0.25, -0.2) is 0 Å². The highest BCUT2D eigenvalue weighted by atomic mass is 32.2. The first kappa shape index (κ1) is 15.9. The van der Waals surface area contributed by atoms with E-state index in [1.165, 1.54) is 16.0 Å². The Labute approximate surface area is 131 Å². The molecule has 2 nitrogen and oxygen atoms in total. The fourth-order valence-electron chi connectivity index (χ4n) is 2.08. The zero-order valence-electron chi connectivity index (χ0n) is 13.1. The first-order chi connectivity index (χ1) is 10.1. The molecule has 0 unspecified atom stereocenters. The van der Waals surface area contributed by atoms with Crippen LogP contribution in [0.25, 0.3) is 0 Å². The Hall–Kier alpha value is -1.45. The van der Waals surface area contributed by atoms with E-state index in [0.29, 0.717) is 6.04 Å². The molecule has 0 atom stereocenters. The SMILES string of the molecule is COc1ccccc1Sc1ccc(CNC(C)C)cc1C. The second kappa shape index (κ2) is 7.53. The number of aryl methyl sites for hydroxylation is 1. The number of methoxy groups -OCH3 is 1. The number of ether oxygens (including phenoxy) is 1. The Morgan fingerprint density at radius 3 is 2.52 bits per heavy atom. The molecule has 0 aromatic heterocycles. The van der Waals surface area contributed by atoms with Crippen LogP contribution in [0.1, 0.15) is 25.0 Å². The Morgan fingerprint density at radius 2 is 1.86 bits per heavy atom. The Balaban J connectivity index is 2.14. The van der Waals surface area contributed by atoms with Crippen molar-refractivity contribution in [2.24, 2.45) is 0 Å². The Morgan fingerprint density at radius 1 is 1.10 bits per heavy atom. The predicted octanol–water partition coefficient (Wildman–Crippen LogP) is 4.65. The molecule has 21 heavy (non-hydrogen) atoms. The van der Waals surface area contributed by atoms with Gasteiger partial charge in [-0.3, -0.25) is 0 Å². The van der Waals surface area contributed by atoms with Crippen molar-refractivity contribution in [3.63, 3.8) is 0 Å². The van der Waals surface area contributed by atoms with E-state index in [9.17, 15) is 0 Å². The molecule has 0 saturated heterocycles. The third kappa shape index (κ3) is 4.51. The van der Waals surface area contributed by atoms with Gasteiger partial charge in [-0.15, -0.1) is 0 Å². The summed E-state index contributed by atoms with van der Waals surface area (Å²) in [6, 6.07) is 15.3. The van der Waals surface area contributed by atoms with E-state index in [2.05, 4.69) is 50.4 Å². The summed E-state index contributed by atoms with van der Waals surface area (Å²) in [7, 11) is 1.72. The van der Waals surface area contributed by atoms with Crippen molar-refractivity contribution in [1.29, 1.82) is 0 Å². The molecule has 2 aromatic rings. The zero-order chi connectivity index (χ0) is 15.2. The largest absolute Gasteiger partial charge is 0.496 e. The van der Waals surface area contributed by atoms with Crippen molar-refractivity contribution >= 4 is 11.8 Å². The number of nitrogens with one attached hydrogen (secondary N) is 1. The van der Waals surface area contributed by atoms with Gasteiger partial charge in [0.25, 0.3) is 0 Å². The maximum absolute atomic E-state index is 5.42. The fraction of sp³-hybridized carbons (Fsp3) is 0.333. The van der Waals surface area contributed by atoms with Crippen molar-refractivity contribution in [3.05, 3.63) is 53.6 Å². The van der Waals surface area contributed by atoms with Crippen LogP contribution >= 0.6 is 11.8 Å². The van der Waals surface area contributed by atoms with Gasteiger partial charge in [-0.05, 0) is 36.2 Å². The van der Waals surface area contributed by atoms with Gasteiger partial charge in [0.05, 0.1) is 12.0 Å². The summed E-state index contributed by atoms with van der Waals surface area (Å²) in [6.07, 6.45) is 0. The molecule has 0 saturated carbocycles. The van der Waals surface area contributed by atoms with E-state index >= 15 is 0 Å². The normalized spacial score (nSPS) is 10.9. The average Bonchev–Trinajstić information content (AvgIpc) is 2.48. The number of rotatable bonds is 6. The van der Waals surface area contributed by atoms with Gasteiger partial charge in [0.1, 0.15) is 5.75 Å². The molecule has 0 amide bonds. The van der Waals surface area contributed by atoms with Gasteiger partial charge in [-0.2, -0.15) is 0 Å². The number of hydrogen-bond acceptors (Lipinski definition) is 3. The lowest BCUT2D eigenvalue weighted by Gasteiger charge is -2.12. The summed E-state index contributed by atoms with van der Waals surface area (Å²) in [5, 5.41) is 3.45. The zero-order valence-corrected chi connectivity index (χ0v) is 14.0. The number of benzene rings is 2. The van der Waals surface area contributed by atoms with Crippen LogP contribution in [0.5, 0.6) is 5.75 Å². The van der Waals surface area contributed by atoms with Crippen LogP contribution in [0.15, 0.2) is 52.3 Å². The number of hydrogen-bond donors (Lipinski definition) is 1. The Kier molecular flexibility index (Phi) is 5.71. The van der Waals surface area contributed by atoms with Crippen LogP contribution in [0.4, 0.5) is 0 Å². The minimum atomic E-state index is 0.507. The smallest absolute Gasteiger partial charge is 0.132 e. The molecule has 0 aliphatic rings. The van der Waals surface area contributed by atoms with Crippen molar-refractivity contribution in [2.75, 3.05) is 7.11 Å². The maximum atomic E-state index is 5.42. The quantitative estimate of drug-likeness (QED) is 0.839. The van der Waals surface area contributed by atoms with Crippen LogP contribution < -0.4 is 10.1 Å². The van der Waals surface area contributed by atoms with E-state index in [-0.39, 0.29) is 0 Å². The molecule has 0 aliphatic heterocycles. The van der Waals surface area contributed by atoms with Gasteiger partial charge in [0.15, 0.2) is 0 Å². The van der Waals surface area contributed by atoms with Crippen molar-refractivity contribution < 1.29 is 4.74 Å². The second-order valence-electron chi connectivity index (χ2n) is 5.39. The lowest BCUT2D eigenvalue weighted by Crippen LogP contribution is -2.21. The standard InChI is InChI=1S/C18H23NOS/c1-13(2)19-12-15-9-10-17(14(3)11-15)21-18-8-6-5-7-16(18)20-4/h5-11,13,19H,12H2,1-4H3. The van der Waals surface area contributed by atoms with Gasteiger partial charge in [0.2, 0.25) is 0 Å². The van der Waals surface area contributed by atoms with Crippen molar-refractivity contribution in [1.82, 2.24) is 5.32 Å². The molecule has 0 spiro atoms. The van der Waals surface area contributed by atoms with Gasteiger partial charge in [-0.1, -0.05) is 49.9 Å². The van der Waals surface area contributed by atoms with Crippen LogP contribution in [0.2, 0.25) is 0 Å². The van der Waals surface area contributed by atoms with E-state index in [4.69, 9.17) is 4.74 Å². The molecule has 0 aliphatic carbocycles. The van der Waals surface area contributed by atoms with Crippen LogP contribution in [-0.4, -0.2) is 13.2 Å². The number of para-hydroxylation sites is 1. The summed E-state index contributed by atoms with van der Waals surface area (Å²) in [5.74, 6) is 0.924. The topological polar surface area (TPSA) is 21.3 Å². The highest BCUT2D eigenvalue weighted by molar-refractivity contribution is 7.99. The minimum Gasteiger partial charge on any atom is -0.496 e. The van der Waals surface area contributed by atoms with E-state index in [1.54, 1.807) is 18.9 Å². The minimum absolute atomic E-state index is 0.507. The molecule has 2 aromatic carbocycles. The second-order valence-corrected chi connectivity index (χ2v) is 6.47. The molecule has 3 heteroatoms. The molecule has 1 N–H and O–H groups in total. The molecular weight excluding hydrogens is 278 g/mol. The van der Waals surface area contributed by atoms with E-state index in [0.717, 1.165) is 17.2 Å². The molecule has 0 heterocycles.